The molecule has 0 bridgehead atoms. The molecule has 128 valence electrons. The summed E-state index contributed by atoms with van der Waals surface area (Å²) >= 11 is 0. The van der Waals surface area contributed by atoms with Gasteiger partial charge in [-0.1, -0.05) is 35.5 Å². The van der Waals surface area contributed by atoms with E-state index in [1.165, 1.54) is 0 Å². The smallest absolute Gasteiger partial charge is 0.226 e. The number of sulfone groups is 1. The van der Waals surface area contributed by atoms with Crippen molar-refractivity contribution >= 4 is 15.7 Å². The van der Waals surface area contributed by atoms with Crippen molar-refractivity contribution in [2.24, 2.45) is 0 Å². The van der Waals surface area contributed by atoms with Gasteiger partial charge in [0.1, 0.15) is 0 Å². The number of aromatic nitrogens is 2. The Labute approximate surface area is 140 Å². The van der Waals surface area contributed by atoms with E-state index >= 15 is 0 Å². The van der Waals surface area contributed by atoms with E-state index in [0.717, 1.165) is 5.56 Å². The second-order valence-electron chi connectivity index (χ2n) is 5.90. The van der Waals surface area contributed by atoms with Crippen molar-refractivity contribution in [3.63, 3.8) is 0 Å². The predicted octanol–water partition coefficient (Wildman–Crippen LogP) is 1.36. The second-order valence-corrected chi connectivity index (χ2v) is 8.13. The molecule has 2 heterocycles. The van der Waals surface area contributed by atoms with Gasteiger partial charge in [0.2, 0.25) is 17.6 Å². The number of nitrogens with zero attached hydrogens (tertiary/aromatic N) is 2. The normalized spacial score (nSPS) is 19.2. The van der Waals surface area contributed by atoms with E-state index in [4.69, 9.17) is 4.52 Å². The first-order valence-electron chi connectivity index (χ1n) is 7.90. The van der Waals surface area contributed by atoms with Crippen LogP contribution >= 0.6 is 0 Å². The van der Waals surface area contributed by atoms with Crippen molar-refractivity contribution in [2.45, 2.75) is 31.7 Å². The molecule has 1 unspecified atom stereocenters. The Kier molecular flexibility index (Phi) is 4.94. The molecule has 1 amide bonds. The lowest BCUT2D eigenvalue weighted by Gasteiger charge is -2.09. The summed E-state index contributed by atoms with van der Waals surface area (Å²) in [6.07, 6.45) is 1.88. The number of carbonyl (C=O) groups excluding carboxylic acids is 1. The van der Waals surface area contributed by atoms with E-state index in [0.29, 0.717) is 37.4 Å². The van der Waals surface area contributed by atoms with E-state index in [1.54, 1.807) is 0 Å². The van der Waals surface area contributed by atoms with Crippen molar-refractivity contribution in [1.29, 1.82) is 0 Å². The highest BCUT2D eigenvalue weighted by atomic mass is 32.2. The van der Waals surface area contributed by atoms with Crippen LogP contribution in [0.5, 0.6) is 0 Å². The Hall–Kier alpha value is -2.22. The molecule has 1 N–H and O–H groups in total. The molecule has 1 aliphatic rings. The minimum Gasteiger partial charge on any atom is -0.352 e. The first kappa shape index (κ1) is 16.6. The monoisotopic (exact) mass is 349 g/mol. The molecule has 24 heavy (non-hydrogen) atoms. The lowest BCUT2D eigenvalue weighted by Crippen LogP contribution is -2.35. The minimum atomic E-state index is -2.98. The third kappa shape index (κ3) is 4.41. The first-order chi connectivity index (χ1) is 11.5. The van der Waals surface area contributed by atoms with Gasteiger partial charge in [-0.25, -0.2) is 8.42 Å². The van der Waals surface area contributed by atoms with Crippen LogP contribution in [-0.2, 0) is 21.1 Å². The first-order valence-corrected chi connectivity index (χ1v) is 9.72. The SMILES string of the molecule is O=C(CCCc1nc(-c2ccccc2)no1)NC1CCS(=O)(=O)C1. The van der Waals surface area contributed by atoms with Crippen molar-refractivity contribution in [1.82, 2.24) is 15.5 Å². The highest BCUT2D eigenvalue weighted by Crippen LogP contribution is 2.16. The lowest BCUT2D eigenvalue weighted by atomic mass is 10.2. The number of rotatable bonds is 6. The van der Waals surface area contributed by atoms with Gasteiger partial charge in [-0.2, -0.15) is 4.98 Å². The van der Waals surface area contributed by atoms with Gasteiger partial charge in [0.05, 0.1) is 11.5 Å². The third-order valence-corrected chi connectivity index (χ3v) is 5.66. The molecular weight excluding hydrogens is 330 g/mol. The molecule has 3 rings (SSSR count). The fourth-order valence-corrected chi connectivity index (χ4v) is 4.34. The number of nitrogens with one attached hydrogen (secondary N) is 1. The van der Waals surface area contributed by atoms with Crippen LogP contribution in [0.15, 0.2) is 34.9 Å². The highest BCUT2D eigenvalue weighted by Gasteiger charge is 2.28. The zero-order valence-corrected chi connectivity index (χ0v) is 14.0. The third-order valence-electron chi connectivity index (χ3n) is 3.89. The standard InChI is InChI=1S/C16H19N3O4S/c20-14(17-13-9-10-24(21,22)11-13)7-4-8-15-18-16(19-23-15)12-5-2-1-3-6-12/h1-3,5-6,13H,4,7-11H2,(H,17,20). The van der Waals surface area contributed by atoms with Gasteiger partial charge in [-0.05, 0) is 12.8 Å². The number of hydrogen-bond acceptors (Lipinski definition) is 6. The molecule has 1 saturated heterocycles. The summed E-state index contributed by atoms with van der Waals surface area (Å²) in [6, 6.07) is 9.27. The second kappa shape index (κ2) is 7.12. The van der Waals surface area contributed by atoms with Crippen LogP contribution < -0.4 is 5.32 Å². The van der Waals surface area contributed by atoms with Gasteiger partial charge in [-0.3, -0.25) is 4.79 Å². The van der Waals surface area contributed by atoms with Crippen molar-refractivity contribution in [3.05, 3.63) is 36.2 Å². The average Bonchev–Trinajstić information content (AvgIpc) is 3.15. The molecule has 0 aliphatic carbocycles. The maximum Gasteiger partial charge on any atom is 0.226 e. The van der Waals surface area contributed by atoms with Gasteiger partial charge in [-0.15, -0.1) is 0 Å². The Morgan fingerprint density at radius 2 is 2.08 bits per heavy atom. The van der Waals surface area contributed by atoms with E-state index in [1.807, 2.05) is 30.3 Å². The Balaban J connectivity index is 1.44. The van der Waals surface area contributed by atoms with Crippen molar-refractivity contribution < 1.29 is 17.7 Å². The maximum absolute atomic E-state index is 11.9. The summed E-state index contributed by atoms with van der Waals surface area (Å²) in [7, 11) is -2.98. The topological polar surface area (TPSA) is 102 Å². The molecular formula is C16H19N3O4S. The quantitative estimate of drug-likeness (QED) is 0.845. The number of amides is 1. The Bertz CT molecular complexity index is 802. The number of aryl methyl sites for hydroxylation is 1. The van der Waals surface area contributed by atoms with Crippen LogP contribution in [0.2, 0.25) is 0 Å². The van der Waals surface area contributed by atoms with E-state index in [-0.39, 0.29) is 23.5 Å². The van der Waals surface area contributed by atoms with Crippen LogP contribution in [0.4, 0.5) is 0 Å². The molecule has 0 saturated carbocycles. The lowest BCUT2D eigenvalue weighted by molar-refractivity contribution is -0.121. The fraction of sp³-hybridized carbons (Fsp3) is 0.438. The molecule has 1 atom stereocenters. The molecule has 1 aliphatic heterocycles. The summed E-state index contributed by atoms with van der Waals surface area (Å²) in [6.45, 7) is 0. The molecule has 7 nitrogen and oxygen atoms in total. The van der Waals surface area contributed by atoms with Crippen LogP contribution in [0.25, 0.3) is 11.4 Å². The van der Waals surface area contributed by atoms with Crippen molar-refractivity contribution in [3.8, 4) is 11.4 Å². The summed E-state index contributed by atoms with van der Waals surface area (Å²) in [4.78, 5) is 16.2. The molecule has 1 aromatic heterocycles. The van der Waals surface area contributed by atoms with Crippen LogP contribution in [0.3, 0.4) is 0 Å². The Morgan fingerprint density at radius 3 is 2.79 bits per heavy atom. The number of carbonyl (C=O) groups is 1. The van der Waals surface area contributed by atoms with Gasteiger partial charge in [0, 0.05) is 24.4 Å². The number of hydrogen-bond donors (Lipinski definition) is 1. The van der Waals surface area contributed by atoms with Gasteiger partial charge in [0.25, 0.3) is 0 Å². The summed E-state index contributed by atoms with van der Waals surface area (Å²) < 4.78 is 27.9. The fourth-order valence-electron chi connectivity index (χ4n) is 2.67. The van der Waals surface area contributed by atoms with Gasteiger partial charge >= 0.3 is 0 Å². The maximum atomic E-state index is 11.9. The van der Waals surface area contributed by atoms with Crippen LogP contribution in [-0.4, -0.2) is 42.0 Å². The predicted molar refractivity (Wildman–Crippen MR) is 87.9 cm³/mol. The zero-order chi connectivity index (χ0) is 17.0. The Morgan fingerprint density at radius 1 is 1.29 bits per heavy atom. The molecule has 8 heteroatoms. The summed E-state index contributed by atoms with van der Waals surface area (Å²) in [5.41, 5.74) is 0.882. The van der Waals surface area contributed by atoms with E-state index < -0.39 is 9.84 Å². The highest BCUT2D eigenvalue weighted by molar-refractivity contribution is 7.91. The zero-order valence-electron chi connectivity index (χ0n) is 13.1. The van der Waals surface area contributed by atoms with Crippen LogP contribution in [0, 0.1) is 0 Å². The molecule has 1 fully saturated rings. The van der Waals surface area contributed by atoms with Gasteiger partial charge in [0.15, 0.2) is 9.84 Å². The molecule has 1 aromatic carbocycles. The van der Waals surface area contributed by atoms with Crippen molar-refractivity contribution in [2.75, 3.05) is 11.5 Å². The average molecular weight is 349 g/mol. The summed E-state index contributed by atoms with van der Waals surface area (Å²) in [5, 5.41) is 6.70. The minimum absolute atomic E-state index is 0.0445. The van der Waals surface area contributed by atoms with Gasteiger partial charge < -0.3 is 9.84 Å². The number of benzene rings is 1. The molecule has 0 spiro atoms. The molecule has 0 radical (unpaired) electrons. The van der Waals surface area contributed by atoms with Crippen LogP contribution in [0.1, 0.15) is 25.2 Å². The molecule has 2 aromatic rings. The summed E-state index contributed by atoms with van der Waals surface area (Å²) in [5.74, 6) is 1.08. The largest absolute Gasteiger partial charge is 0.352 e. The van der Waals surface area contributed by atoms with E-state index in [2.05, 4.69) is 15.5 Å². The van der Waals surface area contributed by atoms with E-state index in [9.17, 15) is 13.2 Å².